The highest BCUT2D eigenvalue weighted by Crippen LogP contribution is 2.27. The minimum Gasteiger partial charge on any atom is -0.497 e. The Morgan fingerprint density at radius 1 is 1.46 bits per heavy atom. The van der Waals surface area contributed by atoms with Crippen LogP contribution in [0.5, 0.6) is 5.75 Å². The van der Waals surface area contributed by atoms with Gasteiger partial charge in [-0.1, -0.05) is 19.0 Å². The minimum absolute atomic E-state index is 0.00736. The summed E-state index contributed by atoms with van der Waals surface area (Å²) in [6, 6.07) is 2.78. The lowest BCUT2D eigenvalue weighted by atomic mass is 10.0. The Hall–Kier alpha value is -2.48. The predicted octanol–water partition coefficient (Wildman–Crippen LogP) is 2.60. The van der Waals surface area contributed by atoms with Crippen molar-refractivity contribution in [3.8, 4) is 5.75 Å². The third-order valence-electron chi connectivity index (χ3n) is 3.56. The molecule has 24 heavy (non-hydrogen) atoms. The maximum absolute atomic E-state index is 14.1. The van der Waals surface area contributed by atoms with Crippen molar-refractivity contribution in [2.45, 2.75) is 32.4 Å². The van der Waals surface area contributed by atoms with Gasteiger partial charge in [-0.05, 0) is 25.2 Å². The molecule has 2 aromatic rings. The quantitative estimate of drug-likeness (QED) is 0.830. The van der Waals surface area contributed by atoms with E-state index >= 15 is 0 Å². The second kappa shape index (κ2) is 7.39. The number of carboxylic acid groups (broad SMARTS) is 1. The summed E-state index contributed by atoms with van der Waals surface area (Å²) in [4.78, 5) is 17.3. The number of halogens is 1. The van der Waals surface area contributed by atoms with E-state index < -0.39 is 17.8 Å². The van der Waals surface area contributed by atoms with E-state index in [1.54, 1.807) is 7.05 Å². The normalized spacial score (nSPS) is 12.6. The van der Waals surface area contributed by atoms with Crippen LogP contribution in [0, 0.1) is 5.82 Å². The first kappa shape index (κ1) is 17.9. The van der Waals surface area contributed by atoms with E-state index in [0.717, 1.165) is 0 Å². The van der Waals surface area contributed by atoms with E-state index in [0.29, 0.717) is 11.6 Å². The van der Waals surface area contributed by atoms with Gasteiger partial charge >= 0.3 is 5.97 Å². The van der Waals surface area contributed by atoms with Gasteiger partial charge in [0.25, 0.3) is 0 Å². The molecule has 0 unspecified atom stereocenters. The second-order valence-electron chi connectivity index (χ2n) is 5.74. The lowest BCUT2D eigenvalue weighted by Crippen LogP contribution is -2.31. The smallest absolute Gasteiger partial charge is 0.325 e. The van der Waals surface area contributed by atoms with Gasteiger partial charge in [0, 0.05) is 11.5 Å². The van der Waals surface area contributed by atoms with Gasteiger partial charge < -0.3 is 14.4 Å². The van der Waals surface area contributed by atoms with Gasteiger partial charge in [0.1, 0.15) is 17.6 Å². The SMILES string of the molecule is COc1ccc(F)c([C@@H](C(=O)O)N(C)Cc2nc(C(C)C)no2)c1. The molecule has 0 saturated heterocycles. The fourth-order valence-electron chi connectivity index (χ4n) is 2.29. The number of hydrogen-bond donors (Lipinski definition) is 1. The van der Waals surface area contributed by atoms with Crippen molar-refractivity contribution in [1.29, 1.82) is 0 Å². The predicted molar refractivity (Wildman–Crippen MR) is 83.2 cm³/mol. The average molecular weight is 337 g/mol. The number of hydrogen-bond acceptors (Lipinski definition) is 6. The van der Waals surface area contributed by atoms with E-state index in [9.17, 15) is 14.3 Å². The van der Waals surface area contributed by atoms with Crippen molar-refractivity contribution in [3.05, 3.63) is 41.3 Å². The lowest BCUT2D eigenvalue weighted by Gasteiger charge is -2.24. The summed E-state index contributed by atoms with van der Waals surface area (Å²) < 4.78 is 24.3. The molecule has 1 aromatic carbocycles. The number of likely N-dealkylation sites (N-methyl/N-ethyl adjacent to an activating group) is 1. The van der Waals surface area contributed by atoms with Crippen LogP contribution in [-0.2, 0) is 11.3 Å². The van der Waals surface area contributed by atoms with E-state index in [4.69, 9.17) is 9.26 Å². The van der Waals surface area contributed by atoms with Gasteiger partial charge in [-0.2, -0.15) is 4.98 Å². The molecule has 8 heteroatoms. The summed E-state index contributed by atoms with van der Waals surface area (Å²) in [6.07, 6.45) is 0. The van der Waals surface area contributed by atoms with Crippen molar-refractivity contribution in [2.75, 3.05) is 14.2 Å². The molecule has 1 aromatic heterocycles. The fourth-order valence-corrected chi connectivity index (χ4v) is 2.29. The summed E-state index contributed by atoms with van der Waals surface area (Å²) in [5.41, 5.74) is 0.00736. The molecule has 1 heterocycles. The van der Waals surface area contributed by atoms with Crippen LogP contribution < -0.4 is 4.74 Å². The molecular weight excluding hydrogens is 317 g/mol. The van der Waals surface area contributed by atoms with Gasteiger partial charge in [-0.15, -0.1) is 0 Å². The largest absolute Gasteiger partial charge is 0.497 e. The maximum atomic E-state index is 14.1. The van der Waals surface area contributed by atoms with E-state index in [1.165, 1.54) is 30.2 Å². The van der Waals surface area contributed by atoms with E-state index in [2.05, 4.69) is 10.1 Å². The Morgan fingerprint density at radius 2 is 2.17 bits per heavy atom. The van der Waals surface area contributed by atoms with Crippen molar-refractivity contribution in [1.82, 2.24) is 15.0 Å². The van der Waals surface area contributed by atoms with Crippen LogP contribution in [-0.4, -0.2) is 40.3 Å². The molecule has 1 N–H and O–H groups in total. The number of nitrogens with zero attached hydrogens (tertiary/aromatic N) is 3. The van der Waals surface area contributed by atoms with Crippen LogP contribution in [0.2, 0.25) is 0 Å². The molecule has 0 amide bonds. The monoisotopic (exact) mass is 337 g/mol. The third-order valence-corrected chi connectivity index (χ3v) is 3.56. The van der Waals surface area contributed by atoms with Crippen LogP contribution >= 0.6 is 0 Å². The topological polar surface area (TPSA) is 88.7 Å². The molecule has 0 aliphatic rings. The van der Waals surface area contributed by atoms with Gasteiger partial charge in [0.2, 0.25) is 5.89 Å². The molecule has 0 fully saturated rings. The molecule has 7 nitrogen and oxygen atoms in total. The van der Waals surface area contributed by atoms with Crippen LogP contribution in [0.15, 0.2) is 22.7 Å². The second-order valence-corrected chi connectivity index (χ2v) is 5.74. The Morgan fingerprint density at radius 3 is 2.71 bits per heavy atom. The third kappa shape index (κ3) is 3.88. The molecule has 2 rings (SSSR count). The fraction of sp³-hybridized carbons (Fsp3) is 0.438. The standard InChI is InChI=1S/C16H20FN3O4/c1-9(2)15-18-13(24-19-15)8-20(3)14(16(21)22)11-7-10(23-4)5-6-12(11)17/h5-7,9,14H,8H2,1-4H3,(H,21,22)/t14-/m0/s1. The highest BCUT2D eigenvalue weighted by Gasteiger charge is 2.29. The number of carbonyl (C=O) groups is 1. The first-order valence-electron chi connectivity index (χ1n) is 7.42. The lowest BCUT2D eigenvalue weighted by molar-refractivity contribution is -0.143. The molecule has 130 valence electrons. The van der Waals surface area contributed by atoms with Crippen LogP contribution in [0.3, 0.4) is 0 Å². The van der Waals surface area contributed by atoms with Crippen molar-refractivity contribution < 1.29 is 23.6 Å². The average Bonchev–Trinajstić information content (AvgIpc) is 2.97. The first-order chi connectivity index (χ1) is 11.3. The zero-order chi connectivity index (χ0) is 17.9. The summed E-state index contributed by atoms with van der Waals surface area (Å²) in [5.74, 6) is -0.518. The highest BCUT2D eigenvalue weighted by atomic mass is 19.1. The highest BCUT2D eigenvalue weighted by molar-refractivity contribution is 5.75. The first-order valence-corrected chi connectivity index (χ1v) is 7.42. The molecule has 1 atom stereocenters. The Labute approximate surface area is 139 Å². The number of aliphatic carboxylic acids is 1. The van der Waals surface area contributed by atoms with Gasteiger partial charge in [-0.3, -0.25) is 9.69 Å². The Kier molecular flexibility index (Phi) is 5.50. The van der Waals surface area contributed by atoms with Gasteiger partial charge in [-0.25, -0.2) is 4.39 Å². The minimum atomic E-state index is -1.21. The van der Waals surface area contributed by atoms with Crippen molar-refractivity contribution in [2.24, 2.45) is 0 Å². The van der Waals surface area contributed by atoms with Crippen LogP contribution in [0.4, 0.5) is 4.39 Å². The number of benzene rings is 1. The molecule has 0 aliphatic heterocycles. The molecular formula is C16H20FN3O4. The summed E-state index contributed by atoms with van der Waals surface area (Å²) in [6.45, 7) is 3.92. The van der Waals surface area contributed by atoms with Crippen LogP contribution in [0.25, 0.3) is 0 Å². The Balaban J connectivity index is 2.28. The Bertz CT molecular complexity index is 717. The van der Waals surface area contributed by atoms with Gasteiger partial charge in [0.05, 0.1) is 13.7 Å². The van der Waals surface area contributed by atoms with Crippen molar-refractivity contribution in [3.63, 3.8) is 0 Å². The number of ether oxygens (including phenoxy) is 1. The number of rotatable bonds is 7. The number of aromatic nitrogens is 2. The van der Waals surface area contributed by atoms with E-state index in [1.807, 2.05) is 13.8 Å². The van der Waals surface area contributed by atoms with Gasteiger partial charge in [0.15, 0.2) is 5.82 Å². The summed E-state index contributed by atoms with van der Waals surface area (Å²) >= 11 is 0. The molecule has 0 aliphatic carbocycles. The zero-order valence-corrected chi connectivity index (χ0v) is 14.0. The maximum Gasteiger partial charge on any atom is 0.325 e. The zero-order valence-electron chi connectivity index (χ0n) is 14.0. The summed E-state index contributed by atoms with van der Waals surface area (Å²) in [5, 5.41) is 13.4. The number of methoxy groups -OCH3 is 1. The number of carboxylic acids is 1. The van der Waals surface area contributed by atoms with Crippen LogP contribution in [0.1, 0.15) is 43.1 Å². The molecule has 0 bridgehead atoms. The van der Waals surface area contributed by atoms with E-state index in [-0.39, 0.29) is 23.9 Å². The molecule has 0 saturated carbocycles. The molecule has 0 radical (unpaired) electrons. The summed E-state index contributed by atoms with van der Waals surface area (Å²) in [7, 11) is 2.99. The van der Waals surface area contributed by atoms with Crippen molar-refractivity contribution >= 4 is 5.97 Å². The molecule has 0 spiro atoms.